The largest absolute Gasteiger partial charge is 1.00 e. The first-order valence-corrected chi connectivity index (χ1v) is 18.0. The maximum absolute atomic E-state index is 12.8. The molecule has 1 amide bonds. The van der Waals surface area contributed by atoms with Crippen LogP contribution in [-0.2, 0) is 23.7 Å². The normalized spacial score (nSPS) is 33.5. The van der Waals surface area contributed by atoms with E-state index in [-0.39, 0.29) is 79.3 Å². The summed E-state index contributed by atoms with van der Waals surface area (Å²) in [6, 6.07) is 0. The van der Waals surface area contributed by atoms with Crippen LogP contribution in [0.1, 0.15) is 80.1 Å². The van der Waals surface area contributed by atoms with Crippen molar-refractivity contribution in [3.8, 4) is 0 Å². The van der Waals surface area contributed by atoms with Gasteiger partial charge in [0.05, 0.1) is 57.6 Å². The molecular weight excluding hydrogens is 743 g/mol. The Kier molecular flexibility index (Phi) is 18.2. The average molecular weight is 807 g/mol. The second-order valence-corrected chi connectivity index (χ2v) is 14.9. The van der Waals surface area contributed by atoms with Crippen molar-refractivity contribution in [3.63, 3.8) is 0 Å². The molecule has 3 rings (SSSR count). The Labute approximate surface area is 311 Å². The Morgan fingerprint density at radius 3 is 2.61 bits per heavy atom. The number of halogens is 1. The number of carbonyl (C=O) groups excluding carboxylic acids is 2. The summed E-state index contributed by atoms with van der Waals surface area (Å²) in [7, 11) is 2.20. The number of hydrogen-bond donors (Lipinski definition) is 4. The summed E-state index contributed by atoms with van der Waals surface area (Å²) in [6.45, 7) is 16.3. The predicted molar refractivity (Wildman–Crippen MR) is 184 cm³/mol. The Balaban J connectivity index is 0.00000833. The molecule has 49 heavy (non-hydrogen) atoms. The molecule has 12 heteroatoms. The van der Waals surface area contributed by atoms with E-state index in [1.165, 1.54) is 0 Å². The van der Waals surface area contributed by atoms with Gasteiger partial charge >= 0.3 is 12.1 Å². The molecular formula is C37H63IN2O9. The number of hydrogen-bond acceptors (Lipinski definition) is 9. The molecule has 0 spiro atoms. The van der Waals surface area contributed by atoms with Crippen LogP contribution in [0.3, 0.4) is 0 Å². The molecule has 2 saturated heterocycles. The lowest BCUT2D eigenvalue weighted by Gasteiger charge is -2.37. The number of carbonyl (C=O) groups is 2. The van der Waals surface area contributed by atoms with Gasteiger partial charge < -0.3 is 68.0 Å². The number of aliphatic hydroxyl groups is 3. The number of allylic oxidation sites excluding steroid dienone is 3. The minimum absolute atomic E-state index is 0. The van der Waals surface area contributed by atoms with Gasteiger partial charge in [-0.2, -0.15) is 0 Å². The highest BCUT2D eigenvalue weighted by atomic mass is 127. The van der Waals surface area contributed by atoms with E-state index in [4.69, 9.17) is 18.9 Å². The monoisotopic (exact) mass is 806 g/mol. The molecule has 0 unspecified atom stereocenters. The Bertz CT molecular complexity index is 1120. The van der Waals surface area contributed by atoms with Crippen LogP contribution < -0.4 is 29.3 Å². The molecule has 11 nitrogen and oxygen atoms in total. The standard InChI is InChI=1S/C37H62N2O9.HI/c1-8-30(41)28(5)35-31(46-35)23-25(2)11-9-12-26(3)34-27(4)13-14-32(37(6,44)16-15-29(40)24-33(42)48-34)47-36(43)38-17-10-18-39(7)19-21-45-22-20-39;/h9,11-14,25,27-32,34-35,40-41,44H,8,10,15-24H2,1-7H3;1H/b11-9+,14-13+,26-12+;/t25-,27+,28-,29-,30+,31-,32+,34-,35-,37-;/m1./s1. The van der Waals surface area contributed by atoms with Gasteiger partial charge in [-0.15, -0.1) is 0 Å². The zero-order valence-corrected chi connectivity index (χ0v) is 32.8. The van der Waals surface area contributed by atoms with Crippen molar-refractivity contribution in [2.45, 2.75) is 122 Å². The maximum atomic E-state index is 12.8. The van der Waals surface area contributed by atoms with E-state index in [0.29, 0.717) is 13.0 Å². The van der Waals surface area contributed by atoms with Gasteiger partial charge in [-0.25, -0.2) is 4.79 Å². The number of likely N-dealkylation sites (N-methyl/N-ethyl adjacent to an activating group) is 1. The SMILES string of the molecule is CC[C@H](O)[C@@H](C)[C@H]1O[C@@H]1C[C@H](C)/C=C/C=C(\C)[C@H]1OC(=O)C[C@H](O)CC[C@@](C)(O)[C@@H](OC(=O)NCCC[N+]2(C)CCOCC2)/C=C/[C@@H]1C.[I-]. The summed E-state index contributed by atoms with van der Waals surface area (Å²) in [5.74, 6) is -0.473. The van der Waals surface area contributed by atoms with Crippen LogP contribution in [0.2, 0.25) is 0 Å². The molecule has 3 heterocycles. The summed E-state index contributed by atoms with van der Waals surface area (Å²) < 4.78 is 23.8. The van der Waals surface area contributed by atoms with Crippen molar-refractivity contribution in [1.29, 1.82) is 0 Å². The van der Waals surface area contributed by atoms with Crippen LogP contribution in [0.5, 0.6) is 0 Å². The number of quaternary nitrogens is 1. The molecule has 0 radical (unpaired) electrons. The average Bonchev–Trinajstić information content (AvgIpc) is 3.80. The summed E-state index contributed by atoms with van der Waals surface area (Å²) >= 11 is 0. The number of rotatable bonds is 13. The molecule has 3 aliphatic rings. The van der Waals surface area contributed by atoms with Crippen LogP contribution in [0.4, 0.5) is 4.79 Å². The summed E-state index contributed by atoms with van der Waals surface area (Å²) in [5.41, 5.74) is -0.658. The minimum Gasteiger partial charge on any atom is -1.00 e. The third kappa shape index (κ3) is 14.5. The van der Waals surface area contributed by atoms with Crippen molar-refractivity contribution in [3.05, 3.63) is 36.0 Å². The first-order chi connectivity index (χ1) is 22.6. The predicted octanol–water partition coefficient (Wildman–Crippen LogP) is 1.06. The number of ether oxygens (including phenoxy) is 4. The molecule has 3 aliphatic heterocycles. The van der Waals surface area contributed by atoms with E-state index in [1.54, 1.807) is 13.0 Å². The molecule has 0 aliphatic carbocycles. The number of epoxide rings is 1. The maximum Gasteiger partial charge on any atom is 0.407 e. The van der Waals surface area contributed by atoms with Gasteiger partial charge in [-0.3, -0.25) is 4.79 Å². The quantitative estimate of drug-likeness (QED) is 0.0409. The first-order valence-electron chi connectivity index (χ1n) is 18.0. The van der Waals surface area contributed by atoms with E-state index >= 15 is 0 Å². The molecule has 2 fully saturated rings. The van der Waals surface area contributed by atoms with Gasteiger partial charge in [0.1, 0.15) is 24.8 Å². The lowest BCUT2D eigenvalue weighted by atomic mass is 9.88. The van der Waals surface area contributed by atoms with E-state index in [2.05, 4.69) is 25.4 Å². The lowest BCUT2D eigenvalue weighted by molar-refractivity contribution is -0.916. The Hall–Kier alpha value is -1.55. The highest BCUT2D eigenvalue weighted by Crippen LogP contribution is 2.36. The number of morpholine rings is 1. The van der Waals surface area contributed by atoms with Crippen molar-refractivity contribution in [1.82, 2.24) is 5.32 Å². The summed E-state index contributed by atoms with van der Waals surface area (Å²) in [5, 5.41) is 34.9. The third-order valence-electron chi connectivity index (χ3n) is 10.3. The molecule has 0 saturated carbocycles. The summed E-state index contributed by atoms with van der Waals surface area (Å²) in [4.78, 5) is 25.7. The van der Waals surface area contributed by atoms with Gasteiger partial charge in [0.15, 0.2) is 6.10 Å². The van der Waals surface area contributed by atoms with E-state index < -0.39 is 36.0 Å². The van der Waals surface area contributed by atoms with Gasteiger partial charge in [0.2, 0.25) is 0 Å². The second-order valence-electron chi connectivity index (χ2n) is 14.9. The molecule has 10 atom stereocenters. The molecule has 0 aromatic heterocycles. The van der Waals surface area contributed by atoms with Crippen LogP contribution in [0.15, 0.2) is 36.0 Å². The van der Waals surface area contributed by atoms with Crippen molar-refractivity contribution in [2.75, 3.05) is 46.4 Å². The highest BCUT2D eigenvalue weighted by Gasteiger charge is 2.45. The Morgan fingerprint density at radius 1 is 1.24 bits per heavy atom. The van der Waals surface area contributed by atoms with Crippen molar-refractivity contribution in [2.24, 2.45) is 17.8 Å². The van der Waals surface area contributed by atoms with Crippen LogP contribution in [0.25, 0.3) is 0 Å². The Morgan fingerprint density at radius 2 is 1.94 bits per heavy atom. The topological polar surface area (TPSA) is 147 Å². The fourth-order valence-electron chi connectivity index (χ4n) is 6.60. The molecule has 282 valence electrons. The highest BCUT2D eigenvalue weighted by molar-refractivity contribution is 5.70. The molecule has 0 aromatic rings. The van der Waals surface area contributed by atoms with Gasteiger partial charge in [-0.1, -0.05) is 52.0 Å². The number of alkyl carbamates (subject to hydrolysis) is 1. The van der Waals surface area contributed by atoms with Crippen LogP contribution in [0, 0.1) is 17.8 Å². The lowest BCUT2D eigenvalue weighted by Crippen LogP contribution is -3.00. The van der Waals surface area contributed by atoms with Crippen LogP contribution in [-0.4, -0.2) is 121 Å². The summed E-state index contributed by atoms with van der Waals surface area (Å²) in [6.07, 6.45) is 8.49. The van der Waals surface area contributed by atoms with Crippen LogP contribution >= 0.6 is 0 Å². The third-order valence-corrected chi connectivity index (χ3v) is 10.3. The van der Waals surface area contributed by atoms with E-state index in [1.807, 2.05) is 45.9 Å². The number of esters is 1. The number of aliphatic hydroxyl groups excluding tert-OH is 2. The number of nitrogens with zero attached hydrogens (tertiary/aromatic N) is 1. The molecule has 0 bridgehead atoms. The zero-order chi connectivity index (χ0) is 35.5. The van der Waals surface area contributed by atoms with E-state index in [0.717, 1.165) is 55.7 Å². The fraction of sp³-hybridized carbons (Fsp3) is 0.784. The smallest absolute Gasteiger partial charge is 0.407 e. The zero-order valence-electron chi connectivity index (χ0n) is 30.7. The number of nitrogens with one attached hydrogen (secondary N) is 1. The van der Waals surface area contributed by atoms with Gasteiger partial charge in [0.25, 0.3) is 0 Å². The second kappa shape index (κ2) is 20.5. The van der Waals surface area contributed by atoms with Crippen molar-refractivity contribution < 1.29 is 72.3 Å². The van der Waals surface area contributed by atoms with Gasteiger partial charge in [-0.05, 0) is 57.1 Å². The van der Waals surface area contributed by atoms with Gasteiger partial charge in [0, 0.05) is 24.8 Å². The van der Waals surface area contributed by atoms with E-state index in [9.17, 15) is 24.9 Å². The number of cyclic esters (lactones) is 1. The van der Waals surface area contributed by atoms with Crippen molar-refractivity contribution >= 4 is 12.1 Å². The molecule has 0 aromatic carbocycles. The number of amides is 1. The first kappa shape index (κ1) is 43.6. The minimum atomic E-state index is -1.47. The molecule has 4 N–H and O–H groups in total. The fourth-order valence-corrected chi connectivity index (χ4v) is 6.60.